The summed E-state index contributed by atoms with van der Waals surface area (Å²) in [7, 11) is 0. The summed E-state index contributed by atoms with van der Waals surface area (Å²) in [5, 5.41) is 3.09. The molecule has 2 unspecified atom stereocenters. The van der Waals surface area contributed by atoms with Gasteiger partial charge in [-0.15, -0.1) is 4.99 Å². The van der Waals surface area contributed by atoms with Crippen molar-refractivity contribution in [3.05, 3.63) is 42.5 Å². The predicted octanol–water partition coefficient (Wildman–Crippen LogP) is 3.14. The van der Waals surface area contributed by atoms with Crippen LogP contribution < -0.4 is 5.32 Å². The minimum absolute atomic E-state index is 0.133. The van der Waals surface area contributed by atoms with Gasteiger partial charge in [-0.1, -0.05) is 6.42 Å². The number of rotatable bonds is 3. The lowest BCUT2D eigenvalue weighted by molar-refractivity contribution is 0.0115. The Hall–Kier alpha value is -2.98. The van der Waals surface area contributed by atoms with E-state index >= 15 is 0 Å². The summed E-state index contributed by atoms with van der Waals surface area (Å²) >= 11 is 0. The van der Waals surface area contributed by atoms with Gasteiger partial charge in [0, 0.05) is 29.6 Å². The van der Waals surface area contributed by atoms with Gasteiger partial charge in [-0.05, 0) is 62.5 Å². The number of terminal acetylenes is 1. The Labute approximate surface area is 169 Å². The Balaban J connectivity index is 1.30. The van der Waals surface area contributed by atoms with Crippen molar-refractivity contribution in [2.45, 2.75) is 25.4 Å². The number of nitrogens with one attached hydrogen (secondary N) is 1. The van der Waals surface area contributed by atoms with Crippen molar-refractivity contribution in [2.75, 3.05) is 25.0 Å². The molecule has 4 fully saturated rings. The molecule has 4 aliphatic rings. The Morgan fingerprint density at radius 1 is 1.28 bits per heavy atom. The maximum atomic E-state index is 13.2. The van der Waals surface area contributed by atoms with Gasteiger partial charge in [-0.25, -0.2) is 14.4 Å². The molecule has 7 heteroatoms. The lowest BCUT2D eigenvalue weighted by Crippen LogP contribution is -2.50. The summed E-state index contributed by atoms with van der Waals surface area (Å²) in [5.74, 6) is 0.967. The maximum Gasteiger partial charge on any atom is 0.304 e. The second-order valence-electron chi connectivity index (χ2n) is 8.06. The Morgan fingerprint density at radius 3 is 2.76 bits per heavy atom. The fourth-order valence-corrected chi connectivity index (χ4v) is 4.84. The highest BCUT2D eigenvalue weighted by molar-refractivity contribution is 5.89. The highest BCUT2D eigenvalue weighted by Crippen LogP contribution is 2.60. The molecule has 2 aromatic rings. The van der Waals surface area contributed by atoms with Crippen molar-refractivity contribution in [1.29, 1.82) is 0 Å². The van der Waals surface area contributed by atoms with Gasteiger partial charge >= 0.3 is 6.02 Å². The van der Waals surface area contributed by atoms with Crippen molar-refractivity contribution in [2.24, 2.45) is 16.3 Å². The number of aliphatic imine (C=N–C) groups is 1. The van der Waals surface area contributed by atoms with Crippen LogP contribution >= 0.6 is 0 Å². The normalized spacial score (nSPS) is 30.1. The number of hydrogen-bond acceptors (Lipinski definition) is 5. The van der Waals surface area contributed by atoms with Crippen molar-refractivity contribution in [3.63, 3.8) is 0 Å². The molecule has 6 rings (SSSR count). The van der Waals surface area contributed by atoms with Crippen LogP contribution in [0.3, 0.4) is 0 Å². The summed E-state index contributed by atoms with van der Waals surface area (Å²) in [4.78, 5) is 15.1. The first-order valence-corrected chi connectivity index (χ1v) is 9.93. The molecule has 29 heavy (non-hydrogen) atoms. The molecular weight excluding hydrogens is 369 g/mol. The van der Waals surface area contributed by atoms with E-state index in [1.807, 2.05) is 0 Å². The lowest BCUT2D eigenvalue weighted by atomic mass is 9.76. The summed E-state index contributed by atoms with van der Waals surface area (Å²) < 4.78 is 19.3. The van der Waals surface area contributed by atoms with Gasteiger partial charge in [-0.2, -0.15) is 0 Å². The molecule has 2 atom stereocenters. The number of hydrogen-bond donors (Lipinski definition) is 1. The van der Waals surface area contributed by atoms with E-state index in [4.69, 9.17) is 11.2 Å². The number of halogens is 1. The zero-order valence-electron chi connectivity index (χ0n) is 16.0. The first kappa shape index (κ1) is 18.1. The van der Waals surface area contributed by atoms with Crippen LogP contribution in [0, 0.1) is 29.6 Å². The quantitative estimate of drug-likeness (QED) is 0.495. The molecule has 0 radical (unpaired) electrons. The molecule has 1 spiro atoms. The van der Waals surface area contributed by atoms with Crippen LogP contribution in [-0.4, -0.2) is 46.6 Å². The Bertz CT molecular complexity index is 977. The zero-order chi connectivity index (χ0) is 19.8. The number of amidine groups is 1. The third kappa shape index (κ3) is 3.45. The molecular formula is C22H22FN5O. The standard InChI is InChI=1S/C22H22FN5O/c1-2-24-21(29-19-12-22(19)13-28-9-7-16(22)8-10-28)27-20-11-18(25-14-26-20)15-3-5-17(23)6-4-15/h1,3-6,11,14,16,19H,7-10,12-13H2,(H,24,25,26,27). The van der Waals surface area contributed by atoms with Crippen molar-refractivity contribution in [3.8, 4) is 23.7 Å². The molecule has 4 heterocycles. The summed E-state index contributed by atoms with van der Waals surface area (Å²) in [6.45, 7) is 3.51. The van der Waals surface area contributed by atoms with E-state index in [1.54, 1.807) is 18.2 Å². The fourth-order valence-electron chi connectivity index (χ4n) is 4.84. The van der Waals surface area contributed by atoms with Gasteiger partial charge in [0.1, 0.15) is 24.1 Å². The molecule has 6 nitrogen and oxygen atoms in total. The smallest absolute Gasteiger partial charge is 0.304 e. The first-order chi connectivity index (χ1) is 14.2. The van der Waals surface area contributed by atoms with E-state index < -0.39 is 0 Å². The summed E-state index contributed by atoms with van der Waals surface area (Å²) in [6.07, 6.45) is 10.5. The largest absolute Gasteiger partial charge is 0.460 e. The van der Waals surface area contributed by atoms with Gasteiger partial charge in [0.25, 0.3) is 0 Å². The SMILES string of the molecule is C#CN=C(Nc1cc(-c2ccc(F)cc2)ncn1)OC1CC12CN1CCC2CC1. The second-order valence-corrected chi connectivity index (χ2v) is 8.06. The number of anilines is 1. The number of nitrogens with zero attached hydrogens (tertiary/aromatic N) is 4. The van der Waals surface area contributed by atoms with Crippen LogP contribution in [0.1, 0.15) is 19.3 Å². The number of benzene rings is 1. The number of aromatic nitrogens is 2. The van der Waals surface area contributed by atoms with Gasteiger partial charge in [0.15, 0.2) is 0 Å². The average molecular weight is 391 g/mol. The van der Waals surface area contributed by atoms with Crippen molar-refractivity contribution in [1.82, 2.24) is 14.9 Å². The van der Waals surface area contributed by atoms with E-state index in [-0.39, 0.29) is 23.4 Å². The van der Waals surface area contributed by atoms with E-state index in [9.17, 15) is 4.39 Å². The monoisotopic (exact) mass is 391 g/mol. The Kier molecular flexibility index (Phi) is 4.44. The van der Waals surface area contributed by atoms with Gasteiger partial charge in [-0.3, -0.25) is 5.32 Å². The lowest BCUT2D eigenvalue weighted by Gasteiger charge is -2.45. The molecule has 1 saturated carbocycles. The number of piperidine rings is 3. The van der Waals surface area contributed by atoms with Crippen molar-refractivity contribution >= 4 is 11.8 Å². The summed E-state index contributed by atoms with van der Waals surface area (Å²) in [5.41, 5.74) is 1.71. The van der Waals surface area contributed by atoms with E-state index in [1.165, 1.54) is 44.4 Å². The van der Waals surface area contributed by atoms with E-state index in [0.717, 1.165) is 24.4 Å². The van der Waals surface area contributed by atoms with Gasteiger partial charge in [0.2, 0.25) is 0 Å². The van der Waals surface area contributed by atoms with Crippen LogP contribution in [0.4, 0.5) is 10.2 Å². The third-order valence-electron chi connectivity index (χ3n) is 6.43. The van der Waals surface area contributed by atoms with Gasteiger partial charge in [0.05, 0.1) is 5.69 Å². The summed E-state index contributed by atoms with van der Waals surface area (Å²) in [6, 6.07) is 10.5. The Morgan fingerprint density at radius 2 is 2.07 bits per heavy atom. The minimum Gasteiger partial charge on any atom is -0.460 e. The van der Waals surface area contributed by atoms with Crippen LogP contribution in [0.25, 0.3) is 11.3 Å². The molecule has 1 aromatic heterocycles. The maximum absolute atomic E-state index is 13.2. The van der Waals surface area contributed by atoms with Crippen LogP contribution in [0.2, 0.25) is 0 Å². The molecule has 0 amide bonds. The van der Waals surface area contributed by atoms with Gasteiger partial charge < -0.3 is 9.64 Å². The second kappa shape index (κ2) is 7.12. The molecule has 148 valence electrons. The predicted molar refractivity (Wildman–Crippen MR) is 108 cm³/mol. The minimum atomic E-state index is -0.288. The highest BCUT2D eigenvalue weighted by atomic mass is 19.1. The fraction of sp³-hybridized carbons (Fsp3) is 0.409. The topological polar surface area (TPSA) is 62.6 Å². The molecule has 3 aliphatic heterocycles. The molecule has 2 bridgehead atoms. The van der Waals surface area contributed by atoms with Crippen molar-refractivity contribution < 1.29 is 9.13 Å². The van der Waals surface area contributed by atoms with Crippen LogP contribution in [0.15, 0.2) is 41.7 Å². The number of fused-ring (bicyclic) bond motifs is 2. The molecule has 1 aromatic carbocycles. The van der Waals surface area contributed by atoms with E-state index in [2.05, 4.69) is 31.2 Å². The number of ether oxygens (including phenoxy) is 1. The average Bonchev–Trinajstić information content (AvgIpc) is 3.40. The van der Waals surface area contributed by atoms with E-state index in [0.29, 0.717) is 11.5 Å². The highest BCUT2D eigenvalue weighted by Gasteiger charge is 2.64. The van der Waals surface area contributed by atoms with Crippen LogP contribution in [0.5, 0.6) is 0 Å². The van der Waals surface area contributed by atoms with Crippen LogP contribution in [-0.2, 0) is 4.74 Å². The molecule has 1 N–H and O–H groups in total. The molecule has 3 saturated heterocycles. The third-order valence-corrected chi connectivity index (χ3v) is 6.43. The molecule has 1 aliphatic carbocycles. The zero-order valence-corrected chi connectivity index (χ0v) is 16.0. The first-order valence-electron chi connectivity index (χ1n) is 9.93.